The molecular weight excluding hydrogens is 356 g/mol. The Hall–Kier alpha value is -3.93. The zero-order chi connectivity index (χ0) is 19.7. The van der Waals surface area contributed by atoms with Gasteiger partial charge in [-0.3, -0.25) is 4.79 Å². The number of nitrogens with zero attached hydrogens (tertiary/aromatic N) is 1. The van der Waals surface area contributed by atoms with Gasteiger partial charge in [0.1, 0.15) is 11.3 Å². The molecule has 0 aliphatic rings. The summed E-state index contributed by atoms with van der Waals surface area (Å²) in [5.41, 5.74) is 2.98. The Morgan fingerprint density at radius 3 is 2.29 bits per heavy atom. The van der Waals surface area contributed by atoms with Gasteiger partial charge in [0.05, 0.1) is 16.8 Å². The highest BCUT2D eigenvalue weighted by Gasteiger charge is 2.13. The summed E-state index contributed by atoms with van der Waals surface area (Å²) in [6.45, 7) is 1.60. The number of rotatable bonds is 3. The smallest absolute Gasteiger partial charge is 0.345 e. The number of aromatic hydroxyl groups is 1. The van der Waals surface area contributed by atoms with Crippen LogP contribution in [0.25, 0.3) is 21.7 Å². The molecule has 0 saturated carbocycles. The Kier molecular flexibility index (Phi) is 4.37. The number of carbonyl (C=O) groups is 1. The topological polar surface area (TPSA) is 91.9 Å². The summed E-state index contributed by atoms with van der Waals surface area (Å²) in [4.78, 5) is 24.7. The molecule has 0 fully saturated rings. The fourth-order valence-corrected chi connectivity index (χ4v) is 2.98. The first kappa shape index (κ1) is 17.5. The quantitative estimate of drug-likeness (QED) is 0.325. The van der Waals surface area contributed by atoms with Crippen LogP contribution in [0.15, 0.2) is 81.0 Å². The molecule has 0 atom stereocenters. The number of hydrazone groups is 1. The molecule has 0 saturated heterocycles. The monoisotopic (exact) mass is 372 g/mol. The number of phenols is 1. The van der Waals surface area contributed by atoms with Crippen LogP contribution >= 0.6 is 0 Å². The molecule has 3 aromatic carbocycles. The van der Waals surface area contributed by atoms with E-state index in [2.05, 4.69) is 10.5 Å². The minimum absolute atomic E-state index is 0.0980. The minimum Gasteiger partial charge on any atom is -0.507 e. The SMILES string of the molecule is C/C(=N\NC(=O)c1cc2ccccc2cc1O)c1cc2ccccc2oc1=O. The van der Waals surface area contributed by atoms with Gasteiger partial charge in [0.25, 0.3) is 5.91 Å². The van der Waals surface area contributed by atoms with E-state index < -0.39 is 11.5 Å². The number of para-hydroxylation sites is 1. The highest BCUT2D eigenvalue weighted by Crippen LogP contribution is 2.24. The minimum atomic E-state index is -0.576. The van der Waals surface area contributed by atoms with E-state index in [9.17, 15) is 14.7 Å². The van der Waals surface area contributed by atoms with E-state index in [0.29, 0.717) is 11.3 Å². The van der Waals surface area contributed by atoms with Gasteiger partial charge in [0.15, 0.2) is 0 Å². The van der Waals surface area contributed by atoms with Crippen LogP contribution in [0.2, 0.25) is 0 Å². The predicted molar refractivity (Wildman–Crippen MR) is 108 cm³/mol. The van der Waals surface area contributed by atoms with Crippen LogP contribution < -0.4 is 11.1 Å². The maximum absolute atomic E-state index is 12.5. The van der Waals surface area contributed by atoms with Crippen molar-refractivity contribution in [2.45, 2.75) is 6.92 Å². The first-order valence-electron chi connectivity index (χ1n) is 8.62. The van der Waals surface area contributed by atoms with Gasteiger partial charge in [-0.2, -0.15) is 5.10 Å². The van der Waals surface area contributed by atoms with Gasteiger partial charge in [-0.05, 0) is 42.0 Å². The van der Waals surface area contributed by atoms with Crippen molar-refractivity contribution >= 4 is 33.4 Å². The molecule has 0 bridgehead atoms. The zero-order valence-electron chi connectivity index (χ0n) is 15.0. The standard InChI is InChI=1S/C22H16N2O4/c1-13(17-11-16-8-4-5-9-20(16)28-22(17)27)23-24-21(26)18-10-14-6-2-3-7-15(14)12-19(18)25/h2-12,25H,1H3,(H,24,26)/b23-13+. The van der Waals surface area contributed by atoms with E-state index >= 15 is 0 Å². The fourth-order valence-electron chi connectivity index (χ4n) is 2.98. The molecule has 1 amide bonds. The number of carbonyl (C=O) groups excluding carboxylic acids is 1. The summed E-state index contributed by atoms with van der Waals surface area (Å²) >= 11 is 0. The van der Waals surface area contributed by atoms with E-state index in [-0.39, 0.29) is 16.9 Å². The maximum atomic E-state index is 12.5. The number of hydrogen-bond donors (Lipinski definition) is 2. The molecule has 28 heavy (non-hydrogen) atoms. The fraction of sp³-hybridized carbons (Fsp3) is 0.0455. The highest BCUT2D eigenvalue weighted by atomic mass is 16.4. The van der Waals surface area contributed by atoms with Gasteiger partial charge in [0, 0.05) is 5.39 Å². The molecule has 0 unspecified atom stereocenters. The van der Waals surface area contributed by atoms with Gasteiger partial charge in [-0.25, -0.2) is 10.2 Å². The average Bonchev–Trinajstić information content (AvgIpc) is 2.70. The zero-order valence-corrected chi connectivity index (χ0v) is 15.0. The molecule has 0 aliphatic heterocycles. The second-order valence-electron chi connectivity index (χ2n) is 6.34. The Morgan fingerprint density at radius 1 is 0.929 bits per heavy atom. The molecule has 2 N–H and O–H groups in total. The number of nitrogens with one attached hydrogen (secondary N) is 1. The Labute approximate surface area is 159 Å². The van der Waals surface area contributed by atoms with Crippen LogP contribution in [0, 0.1) is 0 Å². The van der Waals surface area contributed by atoms with Crippen molar-refractivity contribution in [1.29, 1.82) is 0 Å². The predicted octanol–water partition coefficient (Wildman–Crippen LogP) is 3.81. The highest BCUT2D eigenvalue weighted by molar-refractivity contribution is 6.04. The second kappa shape index (κ2) is 7.00. The Morgan fingerprint density at radius 2 is 1.54 bits per heavy atom. The molecule has 0 aliphatic carbocycles. The van der Waals surface area contributed by atoms with Crippen LogP contribution in [0.5, 0.6) is 5.75 Å². The van der Waals surface area contributed by atoms with Crippen molar-refractivity contribution in [3.05, 3.63) is 88.3 Å². The summed E-state index contributed by atoms with van der Waals surface area (Å²) < 4.78 is 5.28. The van der Waals surface area contributed by atoms with Gasteiger partial charge in [-0.1, -0.05) is 42.5 Å². The van der Waals surface area contributed by atoms with Crippen LogP contribution in [0.3, 0.4) is 0 Å². The lowest BCUT2D eigenvalue weighted by Crippen LogP contribution is -2.21. The third-order valence-electron chi connectivity index (χ3n) is 4.47. The van der Waals surface area contributed by atoms with Crippen LogP contribution in [-0.4, -0.2) is 16.7 Å². The summed E-state index contributed by atoms with van der Waals surface area (Å²) in [7, 11) is 0. The first-order chi connectivity index (χ1) is 13.5. The Bertz CT molecular complexity index is 1300. The van der Waals surface area contributed by atoms with E-state index in [4.69, 9.17) is 4.42 Å². The number of fused-ring (bicyclic) bond motifs is 2. The first-order valence-corrected chi connectivity index (χ1v) is 8.62. The largest absolute Gasteiger partial charge is 0.507 e. The lowest BCUT2D eigenvalue weighted by molar-refractivity contribution is 0.0952. The van der Waals surface area contributed by atoms with Crippen LogP contribution in [-0.2, 0) is 0 Å². The van der Waals surface area contributed by atoms with E-state index in [0.717, 1.165) is 16.2 Å². The van der Waals surface area contributed by atoms with Gasteiger partial charge in [0.2, 0.25) is 0 Å². The van der Waals surface area contributed by atoms with E-state index in [1.807, 2.05) is 36.4 Å². The van der Waals surface area contributed by atoms with Gasteiger partial charge in [-0.15, -0.1) is 0 Å². The number of phenolic OH excluding ortho intramolecular Hbond substituents is 1. The number of amides is 1. The normalized spacial score (nSPS) is 11.7. The van der Waals surface area contributed by atoms with Crippen molar-refractivity contribution in [3.63, 3.8) is 0 Å². The van der Waals surface area contributed by atoms with Gasteiger partial charge < -0.3 is 9.52 Å². The summed E-state index contributed by atoms with van der Waals surface area (Å²) in [5, 5.41) is 16.6. The van der Waals surface area contributed by atoms with Crippen molar-refractivity contribution < 1.29 is 14.3 Å². The molecule has 1 heterocycles. The molecule has 6 heteroatoms. The molecule has 4 aromatic rings. The van der Waals surface area contributed by atoms with Crippen LogP contribution in [0.1, 0.15) is 22.8 Å². The number of hydrogen-bond acceptors (Lipinski definition) is 5. The van der Waals surface area contributed by atoms with Gasteiger partial charge >= 0.3 is 5.63 Å². The molecule has 1 aromatic heterocycles. The molecular formula is C22H16N2O4. The van der Waals surface area contributed by atoms with E-state index in [1.165, 1.54) is 6.07 Å². The number of benzene rings is 3. The third-order valence-corrected chi connectivity index (χ3v) is 4.47. The Balaban J connectivity index is 1.64. The molecule has 138 valence electrons. The maximum Gasteiger partial charge on any atom is 0.345 e. The summed E-state index contributed by atoms with van der Waals surface area (Å²) in [6.07, 6.45) is 0. The van der Waals surface area contributed by atoms with Crippen molar-refractivity contribution in [2.75, 3.05) is 0 Å². The lowest BCUT2D eigenvalue weighted by atomic mass is 10.1. The summed E-state index contributed by atoms with van der Waals surface area (Å²) in [5.74, 6) is -0.720. The molecule has 4 rings (SSSR count). The van der Waals surface area contributed by atoms with Crippen LogP contribution in [0.4, 0.5) is 0 Å². The molecule has 0 radical (unpaired) electrons. The third kappa shape index (κ3) is 3.23. The molecule has 6 nitrogen and oxygen atoms in total. The second-order valence-corrected chi connectivity index (χ2v) is 6.34. The summed E-state index contributed by atoms with van der Waals surface area (Å²) in [6, 6.07) is 19.3. The lowest BCUT2D eigenvalue weighted by Gasteiger charge is -2.07. The van der Waals surface area contributed by atoms with Crippen molar-refractivity contribution in [2.24, 2.45) is 5.10 Å². The van der Waals surface area contributed by atoms with Crippen molar-refractivity contribution in [1.82, 2.24) is 5.43 Å². The molecule has 0 spiro atoms. The average molecular weight is 372 g/mol. The van der Waals surface area contributed by atoms with Crippen molar-refractivity contribution in [3.8, 4) is 5.75 Å². The van der Waals surface area contributed by atoms with E-state index in [1.54, 1.807) is 31.2 Å².